The van der Waals surface area contributed by atoms with Gasteiger partial charge in [-0.25, -0.2) is 0 Å². The zero-order valence-electron chi connectivity index (χ0n) is 19.1. The second kappa shape index (κ2) is 12.0. The molecule has 1 fully saturated rings. The minimum Gasteiger partial charge on any atom is -0.475 e. The summed E-state index contributed by atoms with van der Waals surface area (Å²) in [6.07, 6.45) is 1.94. The Balaban J connectivity index is 0.00000324. The van der Waals surface area contributed by atoms with Crippen LogP contribution in [0.2, 0.25) is 0 Å². The normalized spacial score (nSPS) is 19.6. The molecule has 2 heterocycles. The second-order valence-electron chi connectivity index (χ2n) is 8.14. The van der Waals surface area contributed by atoms with Gasteiger partial charge in [-0.2, -0.15) is 5.10 Å². The van der Waals surface area contributed by atoms with E-state index in [0.717, 1.165) is 24.2 Å². The van der Waals surface area contributed by atoms with Crippen LogP contribution >= 0.6 is 12.4 Å². The average Bonchev–Trinajstić information content (AvgIpc) is 2.83. The van der Waals surface area contributed by atoms with Crippen molar-refractivity contribution in [1.82, 2.24) is 5.01 Å². The lowest BCUT2D eigenvalue weighted by Crippen LogP contribution is -2.41. The third-order valence-corrected chi connectivity index (χ3v) is 5.80. The van der Waals surface area contributed by atoms with E-state index in [1.807, 2.05) is 23.2 Å². The van der Waals surface area contributed by atoms with E-state index < -0.39 is 6.23 Å². The average molecular weight is 488 g/mol. The standard InChI is InChI=1S/C25H29N3O5.ClH/c1-2-32-23(29)15-21-14-20-13-19(7-8-22(20)33-25(21)26)24(30)18-5-3-17(4-6-18)16-27-28-9-11-31-12-10-28;/h3-8,13,16,21,25H,2,9-12,14-15,26H2,1H3;1H. The summed E-state index contributed by atoms with van der Waals surface area (Å²) in [5.41, 5.74) is 9.05. The van der Waals surface area contributed by atoms with Crippen LogP contribution in [-0.4, -0.2) is 62.1 Å². The van der Waals surface area contributed by atoms with Crippen molar-refractivity contribution in [2.45, 2.75) is 26.0 Å². The van der Waals surface area contributed by atoms with Crippen LogP contribution in [0.3, 0.4) is 0 Å². The van der Waals surface area contributed by atoms with Gasteiger partial charge < -0.3 is 14.2 Å². The molecule has 2 atom stereocenters. The van der Waals surface area contributed by atoms with Gasteiger partial charge in [0.1, 0.15) is 5.75 Å². The van der Waals surface area contributed by atoms with Gasteiger partial charge in [0, 0.05) is 17.0 Å². The number of hydrazone groups is 1. The third-order valence-electron chi connectivity index (χ3n) is 5.80. The first kappa shape index (κ1) is 25.7. The van der Waals surface area contributed by atoms with E-state index in [9.17, 15) is 9.59 Å². The highest BCUT2D eigenvalue weighted by molar-refractivity contribution is 6.09. The summed E-state index contributed by atoms with van der Waals surface area (Å²) in [5, 5.41) is 6.44. The molecule has 0 spiro atoms. The maximum atomic E-state index is 13.1. The summed E-state index contributed by atoms with van der Waals surface area (Å²) < 4.78 is 16.1. The fraction of sp³-hybridized carbons (Fsp3) is 0.400. The van der Waals surface area contributed by atoms with Gasteiger partial charge >= 0.3 is 5.97 Å². The zero-order valence-corrected chi connectivity index (χ0v) is 20.0. The van der Waals surface area contributed by atoms with Crippen molar-refractivity contribution in [2.24, 2.45) is 16.8 Å². The quantitative estimate of drug-likeness (QED) is 0.364. The number of esters is 1. The Morgan fingerprint density at radius 1 is 1.15 bits per heavy atom. The van der Waals surface area contributed by atoms with Gasteiger partial charge in [0.2, 0.25) is 0 Å². The van der Waals surface area contributed by atoms with Crippen LogP contribution < -0.4 is 10.5 Å². The number of benzene rings is 2. The highest BCUT2D eigenvalue weighted by atomic mass is 35.5. The number of halogens is 1. The van der Waals surface area contributed by atoms with Crippen molar-refractivity contribution in [2.75, 3.05) is 32.9 Å². The van der Waals surface area contributed by atoms with E-state index in [1.165, 1.54) is 0 Å². The summed E-state index contributed by atoms with van der Waals surface area (Å²) in [4.78, 5) is 25.0. The molecule has 1 saturated heterocycles. The Labute approximate surface area is 205 Å². The molecule has 2 aromatic rings. The van der Waals surface area contributed by atoms with Gasteiger partial charge in [-0.15, -0.1) is 12.4 Å². The van der Waals surface area contributed by atoms with Gasteiger partial charge in [0.05, 0.1) is 45.5 Å². The molecule has 0 aromatic heterocycles. The van der Waals surface area contributed by atoms with Gasteiger partial charge in [-0.1, -0.05) is 24.3 Å². The number of carbonyl (C=O) groups excluding carboxylic acids is 2. The molecule has 0 radical (unpaired) electrons. The molecule has 0 bridgehead atoms. The minimum absolute atomic E-state index is 0. The zero-order chi connectivity index (χ0) is 23.2. The first-order chi connectivity index (χ1) is 16.0. The maximum absolute atomic E-state index is 13.1. The van der Waals surface area contributed by atoms with Gasteiger partial charge in [0.25, 0.3) is 0 Å². The van der Waals surface area contributed by atoms with Crippen molar-refractivity contribution >= 4 is 30.4 Å². The first-order valence-corrected chi connectivity index (χ1v) is 11.3. The summed E-state index contributed by atoms with van der Waals surface area (Å²) in [6.45, 7) is 5.03. The molecule has 9 heteroatoms. The fourth-order valence-corrected chi connectivity index (χ4v) is 3.96. The highest BCUT2D eigenvalue weighted by Gasteiger charge is 2.30. The van der Waals surface area contributed by atoms with Crippen molar-refractivity contribution < 1.29 is 23.8 Å². The summed E-state index contributed by atoms with van der Waals surface area (Å²) in [5.74, 6) is 0.0709. The fourth-order valence-electron chi connectivity index (χ4n) is 3.96. The molecule has 4 rings (SSSR count). The lowest BCUT2D eigenvalue weighted by atomic mass is 9.90. The molecule has 2 aliphatic rings. The van der Waals surface area contributed by atoms with Gasteiger partial charge in [-0.3, -0.25) is 20.3 Å². The maximum Gasteiger partial charge on any atom is 0.306 e. The SMILES string of the molecule is CCOC(=O)CC1Cc2cc(C(=O)c3ccc(C=NN4CCOCC4)cc3)ccc2OC1N.Cl. The van der Waals surface area contributed by atoms with Crippen molar-refractivity contribution in [3.05, 3.63) is 64.7 Å². The number of hydrogen-bond donors (Lipinski definition) is 1. The van der Waals surface area contributed by atoms with E-state index in [4.69, 9.17) is 19.9 Å². The third kappa shape index (κ3) is 6.34. The van der Waals surface area contributed by atoms with Crippen LogP contribution in [0.1, 0.15) is 40.4 Å². The number of nitrogens with zero attached hydrogens (tertiary/aromatic N) is 2. The summed E-state index contributed by atoms with van der Waals surface area (Å²) in [6, 6.07) is 12.7. The lowest BCUT2D eigenvalue weighted by Gasteiger charge is -2.30. The van der Waals surface area contributed by atoms with E-state index in [1.54, 1.807) is 37.4 Å². The second-order valence-corrected chi connectivity index (χ2v) is 8.14. The van der Waals surface area contributed by atoms with Crippen LogP contribution in [0.15, 0.2) is 47.6 Å². The van der Waals surface area contributed by atoms with E-state index in [2.05, 4.69) is 5.10 Å². The molecule has 2 aromatic carbocycles. The van der Waals surface area contributed by atoms with Gasteiger partial charge in [0.15, 0.2) is 12.0 Å². The number of fused-ring (bicyclic) bond motifs is 1. The molecule has 0 amide bonds. The van der Waals surface area contributed by atoms with Crippen molar-refractivity contribution in [1.29, 1.82) is 0 Å². The molecule has 8 nitrogen and oxygen atoms in total. The number of nitrogens with two attached hydrogens (primary N) is 1. The molecule has 2 N–H and O–H groups in total. The highest BCUT2D eigenvalue weighted by Crippen LogP contribution is 2.32. The lowest BCUT2D eigenvalue weighted by molar-refractivity contribution is -0.145. The minimum atomic E-state index is -0.588. The molecule has 2 unspecified atom stereocenters. The topological polar surface area (TPSA) is 103 Å². The Morgan fingerprint density at radius 3 is 2.56 bits per heavy atom. The van der Waals surface area contributed by atoms with Crippen LogP contribution in [0.25, 0.3) is 0 Å². The van der Waals surface area contributed by atoms with Crippen LogP contribution in [0, 0.1) is 5.92 Å². The predicted octanol–water partition coefficient (Wildman–Crippen LogP) is 2.79. The van der Waals surface area contributed by atoms with Crippen LogP contribution in [0.5, 0.6) is 5.75 Å². The number of rotatable bonds is 7. The predicted molar refractivity (Wildman–Crippen MR) is 131 cm³/mol. The number of ketones is 1. The molecule has 2 aliphatic heterocycles. The van der Waals surface area contributed by atoms with Crippen LogP contribution in [-0.2, 0) is 20.7 Å². The Kier molecular flexibility index (Phi) is 9.04. The Bertz CT molecular complexity index is 1020. The monoisotopic (exact) mass is 487 g/mol. The molecular formula is C25H30ClN3O5. The van der Waals surface area contributed by atoms with E-state index in [0.29, 0.717) is 43.1 Å². The summed E-state index contributed by atoms with van der Waals surface area (Å²) >= 11 is 0. The number of carbonyl (C=O) groups is 2. The number of ether oxygens (including phenoxy) is 3. The first-order valence-electron chi connectivity index (χ1n) is 11.3. The van der Waals surface area contributed by atoms with E-state index in [-0.39, 0.29) is 36.5 Å². The molecule has 182 valence electrons. The largest absolute Gasteiger partial charge is 0.475 e. The smallest absolute Gasteiger partial charge is 0.306 e. The number of morpholine rings is 1. The van der Waals surface area contributed by atoms with Crippen LogP contribution in [0.4, 0.5) is 0 Å². The van der Waals surface area contributed by atoms with Crippen molar-refractivity contribution in [3.8, 4) is 5.75 Å². The molecule has 0 saturated carbocycles. The molecule has 0 aliphatic carbocycles. The molecular weight excluding hydrogens is 458 g/mol. The van der Waals surface area contributed by atoms with Gasteiger partial charge in [-0.05, 0) is 42.7 Å². The van der Waals surface area contributed by atoms with Crippen molar-refractivity contribution in [3.63, 3.8) is 0 Å². The Hall–Kier alpha value is -2.94. The number of hydrogen-bond acceptors (Lipinski definition) is 8. The summed E-state index contributed by atoms with van der Waals surface area (Å²) in [7, 11) is 0. The molecule has 34 heavy (non-hydrogen) atoms. The Morgan fingerprint density at radius 2 is 1.85 bits per heavy atom. The van der Waals surface area contributed by atoms with E-state index >= 15 is 0 Å².